The summed E-state index contributed by atoms with van der Waals surface area (Å²) in [7, 11) is 1.89. The molecule has 0 saturated carbocycles. The van der Waals surface area contributed by atoms with E-state index in [1.54, 1.807) is 12.5 Å². The Morgan fingerprint density at radius 1 is 1.39 bits per heavy atom. The van der Waals surface area contributed by atoms with Gasteiger partial charge in [0.2, 0.25) is 0 Å². The van der Waals surface area contributed by atoms with Gasteiger partial charge in [-0.05, 0) is 19.4 Å². The summed E-state index contributed by atoms with van der Waals surface area (Å²) in [6.07, 6.45) is 4.36. The van der Waals surface area contributed by atoms with E-state index in [0.717, 1.165) is 30.0 Å². The molecule has 0 aliphatic rings. The molecule has 0 aliphatic carbocycles. The van der Waals surface area contributed by atoms with Gasteiger partial charge < -0.3 is 9.67 Å². The number of hydrogen-bond donors (Lipinski definition) is 1. The van der Waals surface area contributed by atoms with E-state index in [-0.39, 0.29) is 0 Å². The Morgan fingerprint density at radius 3 is 2.72 bits per heavy atom. The van der Waals surface area contributed by atoms with Crippen LogP contribution in [0.5, 0.6) is 0 Å². The molecule has 98 valence electrons. The molecule has 1 unspecified atom stereocenters. The molecule has 5 nitrogen and oxygen atoms in total. The molecule has 5 heteroatoms. The summed E-state index contributed by atoms with van der Waals surface area (Å²) in [6, 6.07) is 2.07. The number of aliphatic hydroxyl groups excluding tert-OH is 1. The molecule has 18 heavy (non-hydrogen) atoms. The highest BCUT2D eigenvalue weighted by molar-refractivity contribution is 5.14. The topological polar surface area (TPSA) is 55.9 Å². The Balaban J connectivity index is 2.18. The van der Waals surface area contributed by atoms with E-state index in [4.69, 9.17) is 0 Å². The quantitative estimate of drug-likeness (QED) is 0.872. The Labute approximate surface area is 107 Å². The van der Waals surface area contributed by atoms with Crippen molar-refractivity contribution >= 4 is 0 Å². The maximum absolute atomic E-state index is 10.2. The lowest BCUT2D eigenvalue weighted by molar-refractivity contribution is 0.167. The van der Waals surface area contributed by atoms with E-state index in [0.29, 0.717) is 6.42 Å². The highest BCUT2D eigenvalue weighted by Gasteiger charge is 2.15. The van der Waals surface area contributed by atoms with Crippen LogP contribution in [-0.2, 0) is 26.4 Å². The van der Waals surface area contributed by atoms with Crippen LogP contribution in [-0.4, -0.2) is 24.4 Å². The first kappa shape index (κ1) is 12.8. The second-order valence-electron chi connectivity index (χ2n) is 4.45. The summed E-state index contributed by atoms with van der Waals surface area (Å²) in [5.41, 5.74) is 2.98. The molecule has 0 aliphatic heterocycles. The fraction of sp³-hybridized carbons (Fsp3) is 0.538. The summed E-state index contributed by atoms with van der Waals surface area (Å²) in [5, 5.41) is 14.7. The zero-order valence-corrected chi connectivity index (χ0v) is 11.2. The van der Waals surface area contributed by atoms with Crippen LogP contribution in [0.15, 0.2) is 18.6 Å². The van der Waals surface area contributed by atoms with Crippen LogP contribution in [0.25, 0.3) is 0 Å². The first-order valence-electron chi connectivity index (χ1n) is 6.35. The van der Waals surface area contributed by atoms with Gasteiger partial charge in [0.15, 0.2) is 0 Å². The van der Waals surface area contributed by atoms with Gasteiger partial charge in [-0.1, -0.05) is 6.92 Å². The summed E-state index contributed by atoms with van der Waals surface area (Å²) in [4.78, 5) is 4.03. The van der Waals surface area contributed by atoms with Crippen molar-refractivity contribution in [1.82, 2.24) is 19.3 Å². The number of aliphatic hydroxyl groups is 1. The van der Waals surface area contributed by atoms with Crippen molar-refractivity contribution in [3.63, 3.8) is 0 Å². The fourth-order valence-corrected chi connectivity index (χ4v) is 2.12. The summed E-state index contributed by atoms with van der Waals surface area (Å²) in [6.45, 7) is 4.98. The monoisotopic (exact) mass is 248 g/mol. The van der Waals surface area contributed by atoms with Crippen LogP contribution in [0, 0.1) is 0 Å². The molecule has 0 aromatic carbocycles. The van der Waals surface area contributed by atoms with Crippen LogP contribution < -0.4 is 0 Å². The standard InChI is InChI=1S/C13H20N4O/c1-4-10-6-11(17(5-2)15-10)7-13(18)12-8-14-9-16(12)3/h6,8-9,13,18H,4-5,7H2,1-3H3. The normalized spacial score (nSPS) is 12.9. The van der Waals surface area contributed by atoms with Crippen LogP contribution in [0.4, 0.5) is 0 Å². The number of aryl methyl sites for hydroxylation is 3. The minimum Gasteiger partial charge on any atom is -0.386 e. The molecule has 2 heterocycles. The minimum atomic E-state index is -0.538. The molecule has 1 atom stereocenters. The van der Waals surface area contributed by atoms with Gasteiger partial charge in [0.1, 0.15) is 6.10 Å². The van der Waals surface area contributed by atoms with Gasteiger partial charge in [0.25, 0.3) is 0 Å². The van der Waals surface area contributed by atoms with E-state index < -0.39 is 6.10 Å². The van der Waals surface area contributed by atoms with E-state index in [1.165, 1.54) is 0 Å². The first-order valence-corrected chi connectivity index (χ1v) is 6.35. The van der Waals surface area contributed by atoms with Gasteiger partial charge in [-0.15, -0.1) is 0 Å². The number of imidazole rings is 1. The molecule has 0 radical (unpaired) electrons. The molecule has 0 amide bonds. The van der Waals surface area contributed by atoms with Crippen molar-refractivity contribution < 1.29 is 5.11 Å². The van der Waals surface area contributed by atoms with Gasteiger partial charge >= 0.3 is 0 Å². The van der Waals surface area contributed by atoms with E-state index in [9.17, 15) is 5.11 Å². The van der Waals surface area contributed by atoms with Gasteiger partial charge in [0, 0.05) is 25.7 Å². The molecule has 1 N–H and O–H groups in total. The zero-order valence-electron chi connectivity index (χ0n) is 11.2. The number of hydrogen-bond acceptors (Lipinski definition) is 3. The van der Waals surface area contributed by atoms with Crippen molar-refractivity contribution in [3.8, 4) is 0 Å². The van der Waals surface area contributed by atoms with Crippen molar-refractivity contribution in [2.24, 2.45) is 7.05 Å². The lowest BCUT2D eigenvalue weighted by atomic mass is 10.1. The zero-order chi connectivity index (χ0) is 13.1. The molecule has 0 fully saturated rings. The molecule has 2 rings (SSSR count). The number of nitrogens with zero attached hydrogens (tertiary/aromatic N) is 4. The maximum Gasteiger partial charge on any atom is 0.101 e. The fourth-order valence-electron chi connectivity index (χ4n) is 2.12. The van der Waals surface area contributed by atoms with Gasteiger partial charge in [-0.3, -0.25) is 4.68 Å². The number of aromatic nitrogens is 4. The van der Waals surface area contributed by atoms with Gasteiger partial charge in [-0.25, -0.2) is 4.98 Å². The molecular formula is C13H20N4O. The second-order valence-corrected chi connectivity index (χ2v) is 4.45. The summed E-state index contributed by atoms with van der Waals surface area (Å²) in [5.74, 6) is 0. The van der Waals surface area contributed by atoms with Crippen molar-refractivity contribution in [3.05, 3.63) is 35.7 Å². The third-order valence-electron chi connectivity index (χ3n) is 3.17. The molecule has 2 aromatic rings. The first-order chi connectivity index (χ1) is 8.65. The lowest BCUT2D eigenvalue weighted by Crippen LogP contribution is -2.10. The van der Waals surface area contributed by atoms with Gasteiger partial charge in [0.05, 0.1) is 23.9 Å². The molecule has 0 bridgehead atoms. The Bertz CT molecular complexity index is 515. The van der Waals surface area contributed by atoms with Crippen molar-refractivity contribution in [1.29, 1.82) is 0 Å². The van der Waals surface area contributed by atoms with Crippen LogP contribution >= 0.6 is 0 Å². The largest absolute Gasteiger partial charge is 0.386 e. The minimum absolute atomic E-state index is 0.538. The lowest BCUT2D eigenvalue weighted by Gasteiger charge is -2.11. The Kier molecular flexibility index (Phi) is 3.81. The predicted octanol–water partition coefficient (Wildman–Crippen LogP) is 1.47. The van der Waals surface area contributed by atoms with Crippen LogP contribution in [0.3, 0.4) is 0 Å². The second kappa shape index (κ2) is 5.35. The molecule has 2 aromatic heterocycles. The van der Waals surface area contributed by atoms with Crippen LogP contribution in [0.1, 0.15) is 37.0 Å². The maximum atomic E-state index is 10.2. The SMILES string of the molecule is CCc1cc(CC(O)c2cncn2C)n(CC)n1. The molecular weight excluding hydrogens is 228 g/mol. The van der Waals surface area contributed by atoms with E-state index in [1.807, 2.05) is 16.3 Å². The predicted molar refractivity (Wildman–Crippen MR) is 69.2 cm³/mol. The third-order valence-corrected chi connectivity index (χ3v) is 3.17. The average molecular weight is 248 g/mol. The van der Waals surface area contributed by atoms with E-state index in [2.05, 4.69) is 30.0 Å². The van der Waals surface area contributed by atoms with Crippen LogP contribution in [0.2, 0.25) is 0 Å². The van der Waals surface area contributed by atoms with Gasteiger partial charge in [-0.2, -0.15) is 5.10 Å². The summed E-state index contributed by atoms with van der Waals surface area (Å²) >= 11 is 0. The summed E-state index contributed by atoms with van der Waals surface area (Å²) < 4.78 is 3.80. The molecule has 0 spiro atoms. The average Bonchev–Trinajstić information content (AvgIpc) is 2.95. The number of rotatable bonds is 5. The van der Waals surface area contributed by atoms with Crippen molar-refractivity contribution in [2.45, 2.75) is 39.3 Å². The van der Waals surface area contributed by atoms with Crippen molar-refractivity contribution in [2.75, 3.05) is 0 Å². The van der Waals surface area contributed by atoms with E-state index >= 15 is 0 Å². The highest BCUT2D eigenvalue weighted by Crippen LogP contribution is 2.18. The Hall–Kier alpha value is -1.62. The smallest absolute Gasteiger partial charge is 0.101 e. The highest BCUT2D eigenvalue weighted by atomic mass is 16.3. The Morgan fingerprint density at radius 2 is 2.17 bits per heavy atom. The third kappa shape index (κ3) is 2.46. The molecule has 0 saturated heterocycles.